The molecule has 1 aromatic carbocycles. The Morgan fingerprint density at radius 2 is 1.84 bits per heavy atom. The van der Waals surface area contributed by atoms with Crippen LogP contribution in [-0.2, 0) is 19.1 Å². The van der Waals surface area contributed by atoms with Crippen molar-refractivity contribution in [2.75, 3.05) is 13.7 Å². The Morgan fingerprint density at radius 3 is 2.36 bits per heavy atom. The number of Topliss-reactive ketones (excluding diaryl/α,β-unsaturated/α-hetero) is 1. The van der Waals surface area contributed by atoms with Crippen LogP contribution in [0.1, 0.15) is 38.1 Å². The maximum atomic E-state index is 12.9. The van der Waals surface area contributed by atoms with E-state index in [0.717, 1.165) is 0 Å². The normalized spacial score (nSPS) is 22.8. The number of hydrogen-bond donors (Lipinski definition) is 0. The van der Waals surface area contributed by atoms with Crippen LogP contribution in [0.5, 0.6) is 5.75 Å². The van der Waals surface area contributed by atoms with E-state index in [1.165, 1.54) is 0 Å². The lowest BCUT2D eigenvalue weighted by Crippen LogP contribution is -2.41. The summed E-state index contributed by atoms with van der Waals surface area (Å²) in [5, 5.41) is 0. The number of ketones is 1. The minimum Gasteiger partial charge on any atom is -0.497 e. The van der Waals surface area contributed by atoms with E-state index in [0.29, 0.717) is 11.3 Å². The largest absolute Gasteiger partial charge is 0.497 e. The molecule has 0 aliphatic carbocycles. The Hall–Kier alpha value is -2.37. The SMILES string of the molecule is CCOC(=O)[C@H]1C(=O)OC(C)(C)[C@H]1[C@@H](C)C(=O)c1ccc(OC)cc1. The van der Waals surface area contributed by atoms with Gasteiger partial charge in [-0.1, -0.05) is 6.92 Å². The van der Waals surface area contributed by atoms with Gasteiger partial charge in [0, 0.05) is 17.4 Å². The van der Waals surface area contributed by atoms with Gasteiger partial charge in [-0.2, -0.15) is 0 Å². The highest BCUT2D eigenvalue weighted by atomic mass is 16.6. The van der Waals surface area contributed by atoms with Gasteiger partial charge in [-0.25, -0.2) is 0 Å². The van der Waals surface area contributed by atoms with Gasteiger partial charge in [0.15, 0.2) is 11.7 Å². The van der Waals surface area contributed by atoms with Gasteiger partial charge in [0.2, 0.25) is 0 Å². The van der Waals surface area contributed by atoms with E-state index in [2.05, 4.69) is 0 Å². The van der Waals surface area contributed by atoms with Crippen LogP contribution in [0.4, 0.5) is 0 Å². The van der Waals surface area contributed by atoms with E-state index in [1.807, 2.05) is 0 Å². The van der Waals surface area contributed by atoms with Crippen molar-refractivity contribution in [2.24, 2.45) is 17.8 Å². The highest BCUT2D eigenvalue weighted by molar-refractivity contribution is 6.01. The second-order valence-electron chi connectivity index (χ2n) is 6.66. The molecule has 0 unspecified atom stereocenters. The molecule has 6 heteroatoms. The molecule has 0 spiro atoms. The molecule has 0 amide bonds. The number of carbonyl (C=O) groups excluding carboxylic acids is 3. The predicted octanol–water partition coefficient (Wildman–Crippen LogP) is 2.64. The van der Waals surface area contributed by atoms with Gasteiger partial charge in [0.25, 0.3) is 0 Å². The number of methoxy groups -OCH3 is 1. The third-order valence-corrected chi connectivity index (χ3v) is 4.65. The maximum absolute atomic E-state index is 12.9. The van der Waals surface area contributed by atoms with Gasteiger partial charge in [-0.05, 0) is 45.0 Å². The van der Waals surface area contributed by atoms with Gasteiger partial charge in [0.05, 0.1) is 13.7 Å². The molecule has 1 fully saturated rings. The van der Waals surface area contributed by atoms with Crippen LogP contribution in [-0.4, -0.2) is 37.0 Å². The molecule has 2 rings (SSSR count). The molecular formula is C19H24O6. The third kappa shape index (κ3) is 3.67. The van der Waals surface area contributed by atoms with Gasteiger partial charge in [0.1, 0.15) is 11.4 Å². The fourth-order valence-electron chi connectivity index (χ4n) is 3.49. The Balaban J connectivity index is 2.31. The van der Waals surface area contributed by atoms with Crippen molar-refractivity contribution in [2.45, 2.75) is 33.3 Å². The summed E-state index contributed by atoms with van der Waals surface area (Å²) in [6.07, 6.45) is 0. The number of cyclic esters (lactones) is 1. The third-order valence-electron chi connectivity index (χ3n) is 4.65. The van der Waals surface area contributed by atoms with Crippen LogP contribution in [0.25, 0.3) is 0 Å². The zero-order valence-electron chi connectivity index (χ0n) is 15.2. The first-order valence-electron chi connectivity index (χ1n) is 8.30. The topological polar surface area (TPSA) is 78.9 Å². The average Bonchev–Trinajstić information content (AvgIpc) is 2.82. The van der Waals surface area contributed by atoms with E-state index in [9.17, 15) is 14.4 Å². The molecule has 0 bridgehead atoms. The summed E-state index contributed by atoms with van der Waals surface area (Å²) < 4.78 is 15.5. The molecule has 1 aliphatic rings. The molecule has 3 atom stereocenters. The second-order valence-corrected chi connectivity index (χ2v) is 6.66. The fraction of sp³-hybridized carbons (Fsp3) is 0.526. The fourth-order valence-corrected chi connectivity index (χ4v) is 3.49. The standard InChI is InChI=1S/C19H24O6/c1-6-24-17(21)14-15(19(3,4)25-18(14)22)11(2)16(20)12-7-9-13(23-5)10-8-12/h7-11,14-15H,6H2,1-5H3/t11-,14+,15+/m1/s1. The number of rotatable bonds is 6. The molecular weight excluding hydrogens is 324 g/mol. The monoisotopic (exact) mass is 348 g/mol. The van der Waals surface area contributed by atoms with Crippen LogP contribution in [0.15, 0.2) is 24.3 Å². The number of benzene rings is 1. The quantitative estimate of drug-likeness (QED) is 0.447. The number of esters is 2. The zero-order valence-corrected chi connectivity index (χ0v) is 15.2. The van der Waals surface area contributed by atoms with Crippen molar-refractivity contribution in [3.63, 3.8) is 0 Å². The molecule has 6 nitrogen and oxygen atoms in total. The Kier molecular flexibility index (Phi) is 5.50. The molecule has 0 aromatic heterocycles. The lowest BCUT2D eigenvalue weighted by atomic mass is 9.72. The molecule has 0 radical (unpaired) electrons. The minimum absolute atomic E-state index is 0.159. The predicted molar refractivity (Wildman–Crippen MR) is 90.3 cm³/mol. The summed E-state index contributed by atoms with van der Waals surface area (Å²) in [7, 11) is 1.55. The molecule has 1 heterocycles. The van der Waals surface area contributed by atoms with Crippen molar-refractivity contribution in [1.29, 1.82) is 0 Å². The number of hydrogen-bond acceptors (Lipinski definition) is 6. The molecule has 0 saturated carbocycles. The first-order chi connectivity index (χ1) is 11.7. The van der Waals surface area contributed by atoms with Gasteiger partial charge in [-0.3, -0.25) is 14.4 Å². The van der Waals surface area contributed by atoms with Crippen molar-refractivity contribution in [3.05, 3.63) is 29.8 Å². The number of ether oxygens (including phenoxy) is 3. The summed E-state index contributed by atoms with van der Waals surface area (Å²) in [5.41, 5.74) is -0.443. The van der Waals surface area contributed by atoms with E-state index >= 15 is 0 Å². The summed E-state index contributed by atoms with van der Waals surface area (Å²) in [4.78, 5) is 37.4. The van der Waals surface area contributed by atoms with Crippen molar-refractivity contribution < 1.29 is 28.6 Å². The van der Waals surface area contributed by atoms with Crippen LogP contribution in [0.3, 0.4) is 0 Å². The lowest BCUT2D eigenvalue weighted by molar-refractivity contribution is -0.157. The minimum atomic E-state index is -1.09. The zero-order chi connectivity index (χ0) is 18.8. The van der Waals surface area contributed by atoms with Crippen LogP contribution >= 0.6 is 0 Å². The summed E-state index contributed by atoms with van der Waals surface area (Å²) in [5.74, 6) is -3.08. The molecule has 25 heavy (non-hydrogen) atoms. The highest BCUT2D eigenvalue weighted by Crippen LogP contribution is 2.43. The number of carbonyl (C=O) groups is 3. The smallest absolute Gasteiger partial charge is 0.321 e. The molecule has 1 aliphatic heterocycles. The van der Waals surface area contributed by atoms with E-state index in [4.69, 9.17) is 14.2 Å². The maximum Gasteiger partial charge on any atom is 0.321 e. The van der Waals surface area contributed by atoms with Gasteiger partial charge < -0.3 is 14.2 Å². The molecule has 136 valence electrons. The van der Waals surface area contributed by atoms with Crippen LogP contribution in [0.2, 0.25) is 0 Å². The van der Waals surface area contributed by atoms with Gasteiger partial charge >= 0.3 is 11.9 Å². The Bertz CT molecular complexity index is 661. The Morgan fingerprint density at radius 1 is 1.24 bits per heavy atom. The van der Waals surface area contributed by atoms with E-state index in [-0.39, 0.29) is 12.4 Å². The highest BCUT2D eigenvalue weighted by Gasteiger charge is 2.57. The van der Waals surface area contributed by atoms with Crippen LogP contribution in [0, 0.1) is 17.8 Å². The summed E-state index contributed by atoms with van der Waals surface area (Å²) in [6.45, 7) is 6.98. The lowest BCUT2D eigenvalue weighted by Gasteiger charge is -2.30. The average molecular weight is 348 g/mol. The summed E-state index contributed by atoms with van der Waals surface area (Å²) >= 11 is 0. The molecule has 1 saturated heterocycles. The van der Waals surface area contributed by atoms with E-state index in [1.54, 1.807) is 59.1 Å². The van der Waals surface area contributed by atoms with Crippen molar-refractivity contribution >= 4 is 17.7 Å². The van der Waals surface area contributed by atoms with E-state index < -0.39 is 35.3 Å². The van der Waals surface area contributed by atoms with Crippen molar-refractivity contribution in [1.82, 2.24) is 0 Å². The first-order valence-corrected chi connectivity index (χ1v) is 8.30. The first kappa shape index (κ1) is 19.0. The molecule has 0 N–H and O–H groups in total. The molecule has 1 aromatic rings. The van der Waals surface area contributed by atoms with Crippen LogP contribution < -0.4 is 4.74 Å². The van der Waals surface area contributed by atoms with Crippen molar-refractivity contribution in [3.8, 4) is 5.75 Å². The van der Waals surface area contributed by atoms with Gasteiger partial charge in [-0.15, -0.1) is 0 Å². The second kappa shape index (κ2) is 7.25. The Labute approximate surface area is 147 Å². The summed E-state index contributed by atoms with van der Waals surface area (Å²) in [6, 6.07) is 6.73.